The second kappa shape index (κ2) is 4.30. The van der Waals surface area contributed by atoms with Crippen LogP contribution in [0.25, 0.3) is 0 Å². The Morgan fingerprint density at radius 2 is 2.06 bits per heavy atom. The quantitative estimate of drug-likeness (QED) is 0.861. The first-order valence-electron chi connectivity index (χ1n) is 5.07. The standard InChI is InChI=1S/C10H12N4O3S/c1-6-10(7(2)17-13-6)18(15,16)14-8-3-4-9(11)12-5-8/h3-5,14H,1-2H3,(H2,11,12). The number of rotatable bonds is 3. The van der Waals surface area contributed by atoms with Crippen LogP contribution in [0, 0.1) is 13.8 Å². The summed E-state index contributed by atoms with van der Waals surface area (Å²) >= 11 is 0. The van der Waals surface area contributed by atoms with E-state index in [0.29, 0.717) is 17.2 Å². The first-order valence-corrected chi connectivity index (χ1v) is 6.55. The van der Waals surface area contributed by atoms with Gasteiger partial charge in [0, 0.05) is 0 Å². The number of nitrogens with zero attached hydrogens (tertiary/aromatic N) is 2. The van der Waals surface area contributed by atoms with Gasteiger partial charge in [0.2, 0.25) is 0 Å². The minimum atomic E-state index is -3.73. The van der Waals surface area contributed by atoms with Gasteiger partial charge in [0.05, 0.1) is 11.9 Å². The molecule has 0 radical (unpaired) electrons. The van der Waals surface area contributed by atoms with Crippen LogP contribution in [0.1, 0.15) is 11.5 Å². The van der Waals surface area contributed by atoms with Crippen LogP contribution in [0.15, 0.2) is 27.7 Å². The van der Waals surface area contributed by atoms with Crippen molar-refractivity contribution in [2.45, 2.75) is 18.7 Å². The van der Waals surface area contributed by atoms with Crippen molar-refractivity contribution in [3.63, 3.8) is 0 Å². The second-order valence-electron chi connectivity index (χ2n) is 3.73. The molecule has 0 saturated carbocycles. The fraction of sp³-hybridized carbons (Fsp3) is 0.200. The highest BCUT2D eigenvalue weighted by Gasteiger charge is 2.24. The van der Waals surface area contributed by atoms with Gasteiger partial charge < -0.3 is 10.3 Å². The highest BCUT2D eigenvalue weighted by atomic mass is 32.2. The minimum Gasteiger partial charge on any atom is -0.384 e. The van der Waals surface area contributed by atoms with E-state index in [9.17, 15) is 8.42 Å². The summed E-state index contributed by atoms with van der Waals surface area (Å²) < 4.78 is 31.5. The molecule has 0 atom stereocenters. The largest absolute Gasteiger partial charge is 0.384 e. The lowest BCUT2D eigenvalue weighted by atomic mass is 10.4. The third-order valence-corrected chi connectivity index (χ3v) is 3.90. The van der Waals surface area contributed by atoms with Crippen LogP contribution in [0.4, 0.5) is 11.5 Å². The highest BCUT2D eigenvalue weighted by molar-refractivity contribution is 7.92. The van der Waals surface area contributed by atoms with Crippen LogP contribution in [-0.2, 0) is 10.0 Å². The van der Waals surface area contributed by atoms with Crippen molar-refractivity contribution in [2.75, 3.05) is 10.5 Å². The lowest BCUT2D eigenvalue weighted by Crippen LogP contribution is -2.14. The van der Waals surface area contributed by atoms with Gasteiger partial charge >= 0.3 is 0 Å². The summed E-state index contributed by atoms with van der Waals surface area (Å²) in [6, 6.07) is 3.03. The summed E-state index contributed by atoms with van der Waals surface area (Å²) in [5.41, 5.74) is 6.05. The van der Waals surface area contributed by atoms with Crippen molar-refractivity contribution in [3.05, 3.63) is 29.8 Å². The Kier molecular flexibility index (Phi) is 2.95. The number of anilines is 2. The first-order chi connectivity index (χ1) is 8.40. The van der Waals surface area contributed by atoms with Crippen molar-refractivity contribution < 1.29 is 12.9 Å². The summed E-state index contributed by atoms with van der Waals surface area (Å²) in [6.07, 6.45) is 1.34. The van der Waals surface area contributed by atoms with Crippen LogP contribution in [0.5, 0.6) is 0 Å². The average molecular weight is 268 g/mol. The van der Waals surface area contributed by atoms with Crippen LogP contribution < -0.4 is 10.5 Å². The third kappa shape index (κ3) is 2.28. The van der Waals surface area contributed by atoms with Crippen molar-refractivity contribution in [1.82, 2.24) is 10.1 Å². The Hall–Kier alpha value is -2.09. The predicted molar refractivity (Wildman–Crippen MR) is 65.4 cm³/mol. The molecule has 3 N–H and O–H groups in total. The molecule has 2 aromatic rings. The van der Waals surface area contributed by atoms with E-state index in [1.165, 1.54) is 25.3 Å². The van der Waals surface area contributed by atoms with E-state index < -0.39 is 10.0 Å². The van der Waals surface area contributed by atoms with Gasteiger partial charge in [-0.2, -0.15) is 0 Å². The van der Waals surface area contributed by atoms with Gasteiger partial charge in [0.15, 0.2) is 10.7 Å². The van der Waals surface area contributed by atoms with E-state index >= 15 is 0 Å². The number of pyridine rings is 1. The maximum absolute atomic E-state index is 12.1. The van der Waals surface area contributed by atoms with E-state index in [-0.39, 0.29) is 10.7 Å². The Bertz CT molecular complexity index is 641. The Balaban J connectivity index is 2.36. The van der Waals surface area contributed by atoms with Gasteiger partial charge in [-0.15, -0.1) is 0 Å². The minimum absolute atomic E-state index is 0.0410. The smallest absolute Gasteiger partial charge is 0.267 e. The molecular formula is C10H12N4O3S. The molecule has 0 aliphatic carbocycles. The SMILES string of the molecule is Cc1noc(C)c1S(=O)(=O)Nc1ccc(N)nc1. The topological polar surface area (TPSA) is 111 Å². The molecule has 0 aromatic carbocycles. The molecule has 8 heteroatoms. The summed E-state index contributed by atoms with van der Waals surface area (Å²) in [6.45, 7) is 3.10. The molecule has 0 aliphatic rings. The fourth-order valence-corrected chi connectivity index (χ4v) is 2.91. The molecule has 0 unspecified atom stereocenters. The van der Waals surface area contributed by atoms with Gasteiger partial charge in [-0.3, -0.25) is 4.72 Å². The number of aromatic nitrogens is 2. The van der Waals surface area contributed by atoms with Gasteiger partial charge in [-0.25, -0.2) is 13.4 Å². The number of aryl methyl sites for hydroxylation is 2. The molecule has 96 valence electrons. The van der Waals surface area contributed by atoms with Crippen molar-refractivity contribution >= 4 is 21.5 Å². The first kappa shape index (κ1) is 12.4. The second-order valence-corrected chi connectivity index (χ2v) is 5.35. The molecule has 0 saturated heterocycles. The molecule has 0 aliphatic heterocycles. The molecule has 2 heterocycles. The third-order valence-electron chi connectivity index (χ3n) is 2.28. The molecule has 0 amide bonds. The van der Waals surface area contributed by atoms with Crippen molar-refractivity contribution in [2.24, 2.45) is 0 Å². The molecule has 0 bridgehead atoms. The number of sulfonamides is 1. The zero-order chi connectivity index (χ0) is 13.3. The normalized spacial score (nSPS) is 11.4. The van der Waals surface area contributed by atoms with Crippen LogP contribution in [0.2, 0.25) is 0 Å². The van der Waals surface area contributed by atoms with E-state index in [4.69, 9.17) is 10.3 Å². The van der Waals surface area contributed by atoms with Gasteiger partial charge in [-0.1, -0.05) is 5.16 Å². The van der Waals surface area contributed by atoms with Crippen molar-refractivity contribution in [1.29, 1.82) is 0 Å². The maximum Gasteiger partial charge on any atom is 0.267 e. The molecule has 18 heavy (non-hydrogen) atoms. The van der Waals surface area contributed by atoms with Gasteiger partial charge in [0.25, 0.3) is 10.0 Å². The number of hydrogen-bond donors (Lipinski definition) is 2. The summed E-state index contributed by atoms with van der Waals surface area (Å²) in [5.74, 6) is 0.554. The van der Waals surface area contributed by atoms with Crippen LogP contribution in [-0.4, -0.2) is 18.6 Å². The van der Waals surface area contributed by atoms with Crippen LogP contribution >= 0.6 is 0 Å². The molecule has 7 nitrogen and oxygen atoms in total. The lowest BCUT2D eigenvalue weighted by molar-refractivity contribution is 0.390. The van der Waals surface area contributed by atoms with E-state index in [0.717, 1.165) is 0 Å². The molecule has 0 fully saturated rings. The monoisotopic (exact) mass is 268 g/mol. The Labute approximate surface area is 104 Å². The van der Waals surface area contributed by atoms with E-state index in [1.54, 1.807) is 6.92 Å². The molecule has 2 aromatic heterocycles. The number of nitrogens with one attached hydrogen (secondary N) is 1. The zero-order valence-electron chi connectivity index (χ0n) is 9.84. The lowest BCUT2D eigenvalue weighted by Gasteiger charge is -2.06. The predicted octanol–water partition coefficient (Wildman–Crippen LogP) is 1.07. The van der Waals surface area contributed by atoms with E-state index in [2.05, 4.69) is 14.9 Å². The molecule has 0 spiro atoms. The maximum atomic E-state index is 12.1. The Morgan fingerprint density at radius 1 is 1.33 bits per heavy atom. The Morgan fingerprint density at radius 3 is 2.56 bits per heavy atom. The highest BCUT2D eigenvalue weighted by Crippen LogP contribution is 2.22. The number of nitrogen functional groups attached to an aromatic ring is 1. The van der Waals surface area contributed by atoms with E-state index in [1.807, 2.05) is 0 Å². The molecular weight excluding hydrogens is 256 g/mol. The summed E-state index contributed by atoms with van der Waals surface area (Å²) in [7, 11) is -3.73. The average Bonchev–Trinajstić information content (AvgIpc) is 2.62. The van der Waals surface area contributed by atoms with Gasteiger partial charge in [-0.05, 0) is 26.0 Å². The van der Waals surface area contributed by atoms with Crippen molar-refractivity contribution in [3.8, 4) is 0 Å². The number of hydrogen-bond acceptors (Lipinski definition) is 6. The zero-order valence-corrected chi connectivity index (χ0v) is 10.7. The molecule has 2 rings (SSSR count). The summed E-state index contributed by atoms with van der Waals surface area (Å²) in [5, 5.41) is 3.61. The summed E-state index contributed by atoms with van der Waals surface area (Å²) in [4.78, 5) is 3.84. The van der Waals surface area contributed by atoms with Gasteiger partial charge in [0.1, 0.15) is 11.5 Å². The number of nitrogens with two attached hydrogens (primary N) is 1. The van der Waals surface area contributed by atoms with Crippen LogP contribution in [0.3, 0.4) is 0 Å². The fourth-order valence-electron chi connectivity index (χ4n) is 1.53.